The summed E-state index contributed by atoms with van der Waals surface area (Å²) in [5.41, 5.74) is 4.15. The first-order chi connectivity index (χ1) is 13.1. The summed E-state index contributed by atoms with van der Waals surface area (Å²) < 4.78 is 10.2. The lowest BCUT2D eigenvalue weighted by molar-refractivity contribution is -0.139. The average molecular weight is 366 g/mol. The van der Waals surface area contributed by atoms with Crippen molar-refractivity contribution in [1.82, 2.24) is 5.32 Å². The summed E-state index contributed by atoms with van der Waals surface area (Å²) >= 11 is 0. The topological polar surface area (TPSA) is 76.7 Å². The molecule has 2 aromatic carbocycles. The summed E-state index contributed by atoms with van der Waals surface area (Å²) in [5.74, 6) is -0.283. The number of benzene rings is 2. The molecular weight excluding hydrogens is 344 g/mol. The zero-order chi connectivity index (χ0) is 19.2. The van der Waals surface area contributed by atoms with Crippen LogP contribution in [0, 0.1) is 6.92 Å². The predicted molar refractivity (Wildman–Crippen MR) is 102 cm³/mol. The Hall–Kier alpha value is -3.12. The van der Waals surface area contributed by atoms with Crippen molar-refractivity contribution in [2.75, 3.05) is 25.5 Å². The summed E-state index contributed by atoms with van der Waals surface area (Å²) in [6.07, 6.45) is 0.519. The molecule has 1 aliphatic rings. The Morgan fingerprint density at radius 3 is 2.63 bits per heavy atom. The zero-order valence-corrected chi connectivity index (χ0v) is 15.4. The van der Waals surface area contributed by atoms with Crippen molar-refractivity contribution in [3.63, 3.8) is 0 Å². The Morgan fingerprint density at radius 2 is 1.89 bits per heavy atom. The van der Waals surface area contributed by atoms with Gasteiger partial charge in [-0.2, -0.15) is 0 Å². The highest BCUT2D eigenvalue weighted by atomic mass is 16.5. The number of esters is 2. The summed E-state index contributed by atoms with van der Waals surface area (Å²) in [7, 11) is 1.32. The molecule has 0 aliphatic carbocycles. The number of fused-ring (bicyclic) bond motifs is 1. The van der Waals surface area contributed by atoms with Crippen LogP contribution in [0.2, 0.25) is 0 Å². The van der Waals surface area contributed by atoms with Gasteiger partial charge in [0.15, 0.2) is 0 Å². The molecule has 6 heteroatoms. The summed E-state index contributed by atoms with van der Waals surface area (Å²) in [4.78, 5) is 24.1. The predicted octanol–water partition coefficient (Wildman–Crippen LogP) is 2.59. The van der Waals surface area contributed by atoms with E-state index in [0.717, 1.165) is 22.5 Å². The van der Waals surface area contributed by atoms with Crippen LogP contribution in [0.5, 0.6) is 5.75 Å². The van der Waals surface area contributed by atoms with Gasteiger partial charge in [0, 0.05) is 29.9 Å². The highest BCUT2D eigenvalue weighted by Crippen LogP contribution is 2.28. The van der Waals surface area contributed by atoms with Crippen molar-refractivity contribution in [3.8, 4) is 5.75 Å². The molecule has 0 unspecified atom stereocenters. The first kappa shape index (κ1) is 18.7. The molecule has 1 heterocycles. The van der Waals surface area contributed by atoms with Crippen LogP contribution in [0.25, 0.3) is 0 Å². The number of hydrogen-bond acceptors (Lipinski definition) is 6. The van der Waals surface area contributed by atoms with E-state index in [0.29, 0.717) is 17.7 Å². The van der Waals surface area contributed by atoms with Gasteiger partial charge < -0.3 is 20.1 Å². The van der Waals surface area contributed by atoms with E-state index in [-0.39, 0.29) is 13.1 Å². The molecule has 6 nitrogen and oxygen atoms in total. The normalized spacial score (nSPS) is 13.5. The van der Waals surface area contributed by atoms with Gasteiger partial charge in [0.1, 0.15) is 5.75 Å². The lowest BCUT2D eigenvalue weighted by atomic mass is 10.1. The van der Waals surface area contributed by atoms with E-state index in [1.807, 2.05) is 49.4 Å². The fraction of sp³-hybridized carbons (Fsp3) is 0.238. The third kappa shape index (κ3) is 4.74. The highest BCUT2D eigenvalue weighted by Gasteiger charge is 2.24. The lowest BCUT2D eigenvalue weighted by Crippen LogP contribution is -2.30. The van der Waals surface area contributed by atoms with E-state index in [2.05, 4.69) is 15.4 Å². The maximum atomic E-state index is 12.7. The largest absolute Gasteiger partial charge is 0.468 e. The van der Waals surface area contributed by atoms with E-state index in [1.165, 1.54) is 7.11 Å². The van der Waals surface area contributed by atoms with E-state index in [1.54, 1.807) is 6.07 Å². The van der Waals surface area contributed by atoms with E-state index < -0.39 is 11.9 Å². The van der Waals surface area contributed by atoms with Gasteiger partial charge in [-0.1, -0.05) is 35.9 Å². The SMILES string of the molecule is COC(=O)CNCC1=C(Nc2ccc(C)cc2)Cc2ccccc2OC1=O. The molecule has 0 atom stereocenters. The molecule has 2 aromatic rings. The Kier molecular flexibility index (Phi) is 5.88. The fourth-order valence-electron chi connectivity index (χ4n) is 2.80. The quantitative estimate of drug-likeness (QED) is 0.605. The van der Waals surface area contributed by atoms with E-state index in [9.17, 15) is 9.59 Å². The molecular formula is C21H22N2O4. The summed E-state index contributed by atoms with van der Waals surface area (Å²) in [6.45, 7) is 2.22. The molecule has 0 saturated heterocycles. The van der Waals surface area contributed by atoms with E-state index in [4.69, 9.17) is 4.74 Å². The second-order valence-electron chi connectivity index (χ2n) is 6.30. The van der Waals surface area contributed by atoms with Gasteiger partial charge in [-0.3, -0.25) is 4.79 Å². The summed E-state index contributed by atoms with van der Waals surface area (Å²) in [6, 6.07) is 15.4. The minimum atomic E-state index is -0.438. The van der Waals surface area contributed by atoms with Crippen LogP contribution in [0.1, 0.15) is 11.1 Å². The third-order valence-corrected chi connectivity index (χ3v) is 4.30. The first-order valence-electron chi connectivity index (χ1n) is 8.70. The number of aryl methyl sites for hydroxylation is 1. The molecule has 0 fully saturated rings. The number of para-hydroxylation sites is 1. The minimum absolute atomic E-state index is 0.0119. The number of carbonyl (C=O) groups is 2. The number of methoxy groups -OCH3 is 1. The monoisotopic (exact) mass is 366 g/mol. The molecule has 0 spiro atoms. The molecule has 0 aromatic heterocycles. The van der Waals surface area contributed by atoms with Crippen LogP contribution in [-0.4, -0.2) is 32.1 Å². The van der Waals surface area contributed by atoms with Gasteiger partial charge >= 0.3 is 11.9 Å². The second-order valence-corrected chi connectivity index (χ2v) is 6.30. The van der Waals surface area contributed by atoms with Crippen molar-refractivity contribution >= 4 is 17.6 Å². The molecule has 140 valence electrons. The standard InChI is InChI=1S/C21H22N2O4/c1-14-7-9-16(10-8-14)23-18-11-15-5-3-4-6-19(15)27-21(25)17(18)12-22-13-20(24)26-2/h3-10,22-23H,11-13H2,1-2H3. The number of carbonyl (C=O) groups excluding carboxylic acids is 2. The van der Waals surface area contributed by atoms with Crippen LogP contribution in [-0.2, 0) is 20.7 Å². The highest BCUT2D eigenvalue weighted by molar-refractivity contribution is 5.93. The smallest absolute Gasteiger partial charge is 0.342 e. The maximum absolute atomic E-state index is 12.7. The van der Waals surface area contributed by atoms with Crippen LogP contribution in [0.4, 0.5) is 5.69 Å². The van der Waals surface area contributed by atoms with Crippen molar-refractivity contribution in [2.24, 2.45) is 0 Å². The molecule has 0 bridgehead atoms. The minimum Gasteiger partial charge on any atom is -0.468 e. The number of rotatable bonds is 6. The number of ether oxygens (including phenoxy) is 2. The average Bonchev–Trinajstić information content (AvgIpc) is 2.80. The fourth-order valence-corrected chi connectivity index (χ4v) is 2.80. The Labute approximate surface area is 158 Å². The molecule has 27 heavy (non-hydrogen) atoms. The van der Waals surface area contributed by atoms with Crippen molar-refractivity contribution < 1.29 is 19.1 Å². The van der Waals surface area contributed by atoms with Crippen LogP contribution >= 0.6 is 0 Å². The van der Waals surface area contributed by atoms with Gasteiger partial charge in [-0.05, 0) is 25.1 Å². The second kappa shape index (κ2) is 8.51. The van der Waals surface area contributed by atoms with Gasteiger partial charge in [-0.25, -0.2) is 4.79 Å². The molecule has 0 radical (unpaired) electrons. The van der Waals surface area contributed by atoms with Gasteiger partial charge in [0.2, 0.25) is 0 Å². The molecule has 0 saturated carbocycles. The number of allylic oxidation sites excluding steroid dienone is 1. The van der Waals surface area contributed by atoms with Crippen molar-refractivity contribution in [2.45, 2.75) is 13.3 Å². The number of anilines is 1. The molecule has 1 aliphatic heterocycles. The van der Waals surface area contributed by atoms with E-state index >= 15 is 0 Å². The molecule has 0 amide bonds. The maximum Gasteiger partial charge on any atom is 0.342 e. The third-order valence-electron chi connectivity index (χ3n) is 4.30. The number of hydrogen-bond donors (Lipinski definition) is 2. The Morgan fingerprint density at radius 1 is 1.15 bits per heavy atom. The van der Waals surface area contributed by atoms with Crippen LogP contribution < -0.4 is 15.4 Å². The van der Waals surface area contributed by atoms with Crippen LogP contribution in [0.15, 0.2) is 59.8 Å². The van der Waals surface area contributed by atoms with Gasteiger partial charge in [-0.15, -0.1) is 0 Å². The van der Waals surface area contributed by atoms with Gasteiger partial charge in [0.25, 0.3) is 0 Å². The number of nitrogens with one attached hydrogen (secondary N) is 2. The lowest BCUT2D eigenvalue weighted by Gasteiger charge is -2.14. The first-order valence-corrected chi connectivity index (χ1v) is 8.70. The molecule has 3 rings (SSSR count). The summed E-state index contributed by atoms with van der Waals surface area (Å²) in [5, 5.41) is 6.29. The van der Waals surface area contributed by atoms with Crippen molar-refractivity contribution in [1.29, 1.82) is 0 Å². The van der Waals surface area contributed by atoms with Gasteiger partial charge in [0.05, 0.1) is 19.2 Å². The van der Waals surface area contributed by atoms with Crippen LogP contribution in [0.3, 0.4) is 0 Å². The molecule has 2 N–H and O–H groups in total. The zero-order valence-electron chi connectivity index (χ0n) is 15.4. The Bertz CT molecular complexity index is 872. The Balaban J connectivity index is 1.89. The van der Waals surface area contributed by atoms with Crippen molar-refractivity contribution in [3.05, 3.63) is 70.9 Å².